The molecule has 2 aromatic rings. The highest BCUT2D eigenvalue weighted by Gasteiger charge is 2.41. The molecule has 1 aliphatic rings. The third kappa shape index (κ3) is 3.45. The number of amides is 1. The summed E-state index contributed by atoms with van der Waals surface area (Å²) in [5.41, 5.74) is 1.32. The second-order valence-electron chi connectivity index (χ2n) is 6.04. The number of carbonyl (C=O) groups excluding carboxylic acids is 1. The summed E-state index contributed by atoms with van der Waals surface area (Å²) in [7, 11) is 0. The van der Waals surface area contributed by atoms with Crippen molar-refractivity contribution in [2.45, 2.75) is 25.9 Å². The maximum absolute atomic E-state index is 12.9. The molecule has 0 spiro atoms. The maximum atomic E-state index is 12.9. The fraction of sp³-hybridized carbons (Fsp3) is 0.278. The molecular weight excluding hydrogens is 306 g/mol. The van der Waals surface area contributed by atoms with Gasteiger partial charge in [0.1, 0.15) is 5.69 Å². The molecule has 118 valence electrons. The first-order valence-electron chi connectivity index (χ1n) is 7.55. The quantitative estimate of drug-likeness (QED) is 0.866. The smallest absolute Gasteiger partial charge is 0.278 e. The monoisotopic (exact) mass is 325 g/mol. The Morgan fingerprint density at radius 3 is 2.65 bits per heavy atom. The summed E-state index contributed by atoms with van der Waals surface area (Å²) in [5, 5.41) is 0.773. The number of benzene rings is 1. The Morgan fingerprint density at radius 2 is 1.96 bits per heavy atom. The van der Waals surface area contributed by atoms with Crippen LogP contribution in [0.1, 0.15) is 29.9 Å². The van der Waals surface area contributed by atoms with E-state index in [2.05, 4.69) is 23.8 Å². The van der Waals surface area contributed by atoms with Crippen molar-refractivity contribution in [2.75, 3.05) is 5.75 Å². The van der Waals surface area contributed by atoms with Gasteiger partial charge in [0.05, 0.1) is 12.1 Å². The lowest BCUT2D eigenvalue weighted by Crippen LogP contribution is -2.46. The van der Waals surface area contributed by atoms with Crippen molar-refractivity contribution in [3.63, 3.8) is 0 Å². The van der Waals surface area contributed by atoms with Crippen LogP contribution in [-0.4, -0.2) is 32.3 Å². The number of pyridine rings is 1. The zero-order chi connectivity index (χ0) is 16.3. The lowest BCUT2D eigenvalue weighted by atomic mass is 10.1. The Morgan fingerprint density at radius 1 is 1.22 bits per heavy atom. The van der Waals surface area contributed by atoms with Gasteiger partial charge in [-0.3, -0.25) is 19.7 Å². The van der Waals surface area contributed by atoms with Crippen LogP contribution in [0.4, 0.5) is 0 Å². The summed E-state index contributed by atoms with van der Waals surface area (Å²) in [6, 6.07) is 15.5. The molecule has 1 aliphatic heterocycles. The van der Waals surface area contributed by atoms with Crippen molar-refractivity contribution >= 4 is 22.8 Å². The maximum Gasteiger partial charge on any atom is 0.278 e. The van der Waals surface area contributed by atoms with E-state index in [1.54, 1.807) is 28.9 Å². The van der Waals surface area contributed by atoms with Gasteiger partial charge in [0.15, 0.2) is 5.17 Å². The number of hydrogen-bond donors (Lipinski definition) is 0. The van der Waals surface area contributed by atoms with Crippen molar-refractivity contribution < 1.29 is 4.79 Å². The highest BCUT2D eigenvalue weighted by molar-refractivity contribution is 8.14. The van der Waals surface area contributed by atoms with Crippen LogP contribution in [0, 0.1) is 0 Å². The zero-order valence-corrected chi connectivity index (χ0v) is 14.1. The summed E-state index contributed by atoms with van der Waals surface area (Å²) in [6.07, 6.45) is 1.64. The van der Waals surface area contributed by atoms with E-state index in [1.807, 2.05) is 42.5 Å². The van der Waals surface area contributed by atoms with Crippen LogP contribution in [0.3, 0.4) is 0 Å². The molecule has 0 N–H and O–H groups in total. The average Bonchev–Trinajstić information content (AvgIpc) is 2.88. The van der Waals surface area contributed by atoms with Crippen LogP contribution in [0.15, 0.2) is 59.7 Å². The molecule has 1 amide bonds. The Bertz CT molecular complexity index is 714. The fourth-order valence-electron chi connectivity index (χ4n) is 2.45. The molecule has 3 rings (SSSR count). The minimum atomic E-state index is -0.269. The topological polar surface area (TPSA) is 45.6 Å². The molecule has 1 aromatic carbocycles. The number of aliphatic imine (C=N–C) groups is 1. The molecule has 5 heteroatoms. The molecule has 23 heavy (non-hydrogen) atoms. The molecule has 1 aromatic heterocycles. The van der Waals surface area contributed by atoms with Crippen molar-refractivity contribution in [3.05, 3.63) is 66.0 Å². The third-order valence-corrected chi connectivity index (χ3v) is 5.10. The van der Waals surface area contributed by atoms with Crippen LogP contribution in [0.5, 0.6) is 0 Å². The number of hydrogen-bond acceptors (Lipinski definition) is 4. The van der Waals surface area contributed by atoms with Gasteiger partial charge in [-0.05, 0) is 31.5 Å². The van der Waals surface area contributed by atoms with Crippen LogP contribution in [0.2, 0.25) is 0 Å². The highest BCUT2D eigenvalue weighted by atomic mass is 32.2. The van der Waals surface area contributed by atoms with Crippen LogP contribution in [0.25, 0.3) is 0 Å². The molecule has 2 heterocycles. The van der Waals surface area contributed by atoms with Crippen LogP contribution >= 0.6 is 11.8 Å². The molecule has 4 nitrogen and oxygen atoms in total. The first-order valence-corrected chi connectivity index (χ1v) is 8.53. The van der Waals surface area contributed by atoms with Gasteiger partial charge in [-0.25, -0.2) is 0 Å². The molecule has 0 radical (unpaired) electrons. The minimum absolute atomic E-state index is 0.0904. The molecule has 0 unspecified atom stereocenters. The highest BCUT2D eigenvalue weighted by Crippen LogP contribution is 2.34. The second kappa shape index (κ2) is 6.54. The predicted molar refractivity (Wildman–Crippen MR) is 94.5 cm³/mol. The number of amidine groups is 1. The van der Waals surface area contributed by atoms with E-state index < -0.39 is 0 Å². The number of thioether (sulfide) groups is 1. The minimum Gasteiger partial charge on any atom is -0.280 e. The summed E-state index contributed by atoms with van der Waals surface area (Å²) in [6.45, 7) is 4.70. The van der Waals surface area contributed by atoms with Gasteiger partial charge in [0.25, 0.3) is 5.91 Å². The van der Waals surface area contributed by atoms with E-state index in [4.69, 9.17) is 0 Å². The van der Waals surface area contributed by atoms with E-state index in [0.717, 1.165) is 16.5 Å². The SMILES string of the molecule is CC1(C)CSC(=NCc2ccccc2)N1C(=O)c1ccccn1. The van der Waals surface area contributed by atoms with Gasteiger partial charge in [-0.2, -0.15) is 0 Å². The molecule has 0 bridgehead atoms. The molecule has 0 aliphatic carbocycles. The number of aromatic nitrogens is 1. The van der Waals surface area contributed by atoms with Crippen LogP contribution < -0.4 is 0 Å². The summed E-state index contributed by atoms with van der Waals surface area (Å²) in [4.78, 5) is 23.5. The largest absolute Gasteiger partial charge is 0.280 e. The molecule has 1 saturated heterocycles. The fourth-order valence-corrected chi connectivity index (χ4v) is 3.68. The van der Waals surface area contributed by atoms with Crippen molar-refractivity contribution in [1.29, 1.82) is 0 Å². The first-order chi connectivity index (χ1) is 11.1. The lowest BCUT2D eigenvalue weighted by molar-refractivity contribution is 0.0760. The Hall–Kier alpha value is -2.14. The summed E-state index contributed by atoms with van der Waals surface area (Å²) >= 11 is 1.63. The van der Waals surface area contributed by atoms with E-state index in [0.29, 0.717) is 12.2 Å². The van der Waals surface area contributed by atoms with Crippen molar-refractivity contribution in [1.82, 2.24) is 9.88 Å². The lowest BCUT2D eigenvalue weighted by Gasteiger charge is -2.30. The molecule has 0 atom stereocenters. The molecular formula is C18H19N3OS. The standard InChI is InChI=1S/C18H19N3OS/c1-18(2)13-23-17(20-12-14-8-4-3-5-9-14)21(18)16(22)15-10-6-7-11-19-15/h3-11H,12-13H2,1-2H3. The van der Waals surface area contributed by atoms with E-state index in [9.17, 15) is 4.79 Å². The molecule has 0 saturated carbocycles. The zero-order valence-electron chi connectivity index (χ0n) is 13.3. The van der Waals surface area contributed by atoms with E-state index in [1.165, 1.54) is 0 Å². The Labute approximate surface area is 140 Å². The summed E-state index contributed by atoms with van der Waals surface area (Å²) in [5.74, 6) is 0.742. The Balaban J connectivity index is 1.86. The van der Waals surface area contributed by atoms with Crippen molar-refractivity contribution in [3.8, 4) is 0 Å². The van der Waals surface area contributed by atoms with Gasteiger partial charge >= 0.3 is 0 Å². The number of nitrogens with zero attached hydrogens (tertiary/aromatic N) is 3. The van der Waals surface area contributed by atoms with Gasteiger partial charge in [0.2, 0.25) is 0 Å². The molecule has 1 fully saturated rings. The van der Waals surface area contributed by atoms with E-state index in [-0.39, 0.29) is 11.4 Å². The second-order valence-corrected chi connectivity index (χ2v) is 6.98. The van der Waals surface area contributed by atoms with Gasteiger partial charge < -0.3 is 0 Å². The normalized spacial score (nSPS) is 18.3. The van der Waals surface area contributed by atoms with Crippen molar-refractivity contribution in [2.24, 2.45) is 4.99 Å². The average molecular weight is 325 g/mol. The van der Waals surface area contributed by atoms with Gasteiger partial charge in [-0.15, -0.1) is 0 Å². The number of carbonyl (C=O) groups is 1. The number of rotatable bonds is 3. The Kier molecular flexibility index (Phi) is 4.48. The summed E-state index contributed by atoms with van der Waals surface area (Å²) < 4.78 is 0. The first kappa shape index (κ1) is 15.7. The predicted octanol–water partition coefficient (Wildman–Crippen LogP) is 3.61. The van der Waals surface area contributed by atoms with Crippen LogP contribution in [-0.2, 0) is 6.54 Å². The van der Waals surface area contributed by atoms with E-state index >= 15 is 0 Å². The van der Waals surface area contributed by atoms with Gasteiger partial charge in [-0.1, -0.05) is 48.2 Å². The van der Waals surface area contributed by atoms with Gasteiger partial charge in [0, 0.05) is 11.9 Å². The third-order valence-electron chi connectivity index (χ3n) is 3.68.